The van der Waals surface area contributed by atoms with E-state index >= 15 is 0 Å². The monoisotopic (exact) mass is 255 g/mol. The van der Waals surface area contributed by atoms with Gasteiger partial charge in [-0.05, 0) is 24.1 Å². The van der Waals surface area contributed by atoms with Gasteiger partial charge in [0.2, 0.25) is 10.0 Å². The maximum absolute atomic E-state index is 11.7. The van der Waals surface area contributed by atoms with Gasteiger partial charge in [-0.2, -0.15) is 0 Å². The van der Waals surface area contributed by atoms with Crippen molar-refractivity contribution in [1.29, 1.82) is 0 Å². The fourth-order valence-electron chi connectivity index (χ4n) is 1.93. The summed E-state index contributed by atoms with van der Waals surface area (Å²) >= 11 is 0. The number of sulfonamides is 1. The van der Waals surface area contributed by atoms with E-state index < -0.39 is 16.0 Å². The number of carbonyl (C=O) groups is 1. The molecule has 0 aromatic heterocycles. The van der Waals surface area contributed by atoms with Crippen LogP contribution in [-0.4, -0.2) is 31.8 Å². The molecule has 1 aromatic carbocycles. The summed E-state index contributed by atoms with van der Waals surface area (Å²) < 4.78 is 24.8. The van der Waals surface area contributed by atoms with Gasteiger partial charge in [0, 0.05) is 6.54 Å². The predicted molar refractivity (Wildman–Crippen MR) is 63.5 cm³/mol. The third-order valence-electron chi connectivity index (χ3n) is 2.65. The molecular weight excluding hydrogens is 242 g/mol. The van der Waals surface area contributed by atoms with Crippen LogP contribution in [0.15, 0.2) is 24.3 Å². The highest BCUT2D eigenvalue weighted by Gasteiger charge is 2.28. The third kappa shape index (κ3) is 2.58. The number of carboxylic acid groups (broad SMARTS) is 1. The lowest BCUT2D eigenvalue weighted by atomic mass is 10.1. The first-order valence-corrected chi connectivity index (χ1v) is 6.91. The second kappa shape index (κ2) is 4.37. The van der Waals surface area contributed by atoms with Gasteiger partial charge in [-0.15, -0.1) is 0 Å². The molecule has 1 aromatic rings. The average molecular weight is 255 g/mol. The standard InChI is InChI=1S/C11H13NO4S/c13-11(14)8-9-3-1-4-10(7-9)12-5-2-6-17(12,15)16/h1,3-4,7H,2,5-6,8H2,(H,13,14). The highest BCUT2D eigenvalue weighted by molar-refractivity contribution is 7.93. The largest absolute Gasteiger partial charge is 0.481 e. The normalized spacial score (nSPS) is 18.2. The van der Waals surface area contributed by atoms with Gasteiger partial charge in [0.05, 0.1) is 17.9 Å². The number of nitrogens with zero attached hydrogens (tertiary/aromatic N) is 1. The Morgan fingerprint density at radius 2 is 2.18 bits per heavy atom. The molecule has 6 heteroatoms. The first-order valence-electron chi connectivity index (χ1n) is 5.30. The van der Waals surface area contributed by atoms with Gasteiger partial charge in [0.15, 0.2) is 0 Å². The summed E-state index contributed by atoms with van der Waals surface area (Å²) in [5, 5.41) is 8.69. The lowest BCUT2D eigenvalue weighted by molar-refractivity contribution is -0.136. The van der Waals surface area contributed by atoms with Gasteiger partial charge >= 0.3 is 5.97 Å². The van der Waals surface area contributed by atoms with E-state index in [1.807, 2.05) is 0 Å². The molecule has 0 unspecified atom stereocenters. The Labute approximate surface area is 99.7 Å². The number of anilines is 1. The average Bonchev–Trinajstić information content (AvgIpc) is 2.57. The van der Waals surface area contributed by atoms with Crippen molar-refractivity contribution in [3.05, 3.63) is 29.8 Å². The molecule has 1 aliphatic rings. The van der Waals surface area contributed by atoms with Gasteiger partial charge in [0.1, 0.15) is 0 Å². The summed E-state index contributed by atoms with van der Waals surface area (Å²) in [5.41, 5.74) is 1.17. The highest BCUT2D eigenvalue weighted by atomic mass is 32.2. The maximum atomic E-state index is 11.7. The number of hydrogen-bond acceptors (Lipinski definition) is 3. The molecule has 0 saturated carbocycles. The number of rotatable bonds is 3. The molecule has 1 fully saturated rings. The van der Waals surface area contributed by atoms with E-state index in [1.165, 1.54) is 4.31 Å². The zero-order valence-corrected chi connectivity index (χ0v) is 9.98. The highest BCUT2D eigenvalue weighted by Crippen LogP contribution is 2.24. The summed E-state index contributed by atoms with van der Waals surface area (Å²) in [7, 11) is -3.20. The summed E-state index contributed by atoms with van der Waals surface area (Å²) in [6, 6.07) is 6.67. The van der Waals surface area contributed by atoms with Crippen molar-refractivity contribution in [1.82, 2.24) is 0 Å². The van der Waals surface area contributed by atoms with Gasteiger partial charge in [0.25, 0.3) is 0 Å². The smallest absolute Gasteiger partial charge is 0.307 e. The fourth-order valence-corrected chi connectivity index (χ4v) is 3.48. The number of benzene rings is 1. The molecule has 0 aliphatic carbocycles. The number of hydrogen-bond donors (Lipinski definition) is 1. The van der Waals surface area contributed by atoms with Crippen molar-refractivity contribution in [2.45, 2.75) is 12.8 Å². The van der Waals surface area contributed by atoms with E-state index in [0.29, 0.717) is 24.2 Å². The Bertz CT molecular complexity index is 538. The lowest BCUT2D eigenvalue weighted by Crippen LogP contribution is -2.25. The SMILES string of the molecule is O=C(O)Cc1cccc(N2CCCS2(=O)=O)c1. The molecule has 0 radical (unpaired) electrons. The summed E-state index contributed by atoms with van der Waals surface area (Å²) in [6.45, 7) is 0.471. The van der Waals surface area contributed by atoms with Crippen molar-refractivity contribution >= 4 is 21.7 Å². The minimum absolute atomic E-state index is 0.0955. The first-order chi connectivity index (χ1) is 7.99. The Morgan fingerprint density at radius 3 is 2.76 bits per heavy atom. The molecule has 0 spiro atoms. The predicted octanol–water partition coefficient (Wildman–Crippen LogP) is 0.854. The van der Waals surface area contributed by atoms with Crippen molar-refractivity contribution in [3.8, 4) is 0 Å². The molecule has 1 saturated heterocycles. The van der Waals surface area contributed by atoms with Crippen LogP contribution < -0.4 is 4.31 Å². The van der Waals surface area contributed by atoms with Crippen LogP contribution in [-0.2, 0) is 21.2 Å². The van der Waals surface area contributed by atoms with Crippen LogP contribution in [0, 0.1) is 0 Å². The number of aliphatic carboxylic acids is 1. The van der Waals surface area contributed by atoms with Crippen LogP contribution in [0.2, 0.25) is 0 Å². The van der Waals surface area contributed by atoms with E-state index in [2.05, 4.69) is 0 Å². The second-order valence-electron chi connectivity index (χ2n) is 3.98. The zero-order chi connectivity index (χ0) is 12.5. The van der Waals surface area contributed by atoms with Crippen molar-refractivity contribution in [2.24, 2.45) is 0 Å². The minimum Gasteiger partial charge on any atom is -0.481 e. The number of carboxylic acids is 1. The van der Waals surface area contributed by atoms with Crippen molar-refractivity contribution in [3.63, 3.8) is 0 Å². The van der Waals surface area contributed by atoms with Crippen LogP contribution in [0.1, 0.15) is 12.0 Å². The molecule has 0 amide bonds. The Morgan fingerprint density at radius 1 is 1.41 bits per heavy atom. The van der Waals surface area contributed by atoms with Gasteiger partial charge in [-0.3, -0.25) is 9.10 Å². The Kier molecular flexibility index (Phi) is 3.06. The topological polar surface area (TPSA) is 74.7 Å². The Hall–Kier alpha value is -1.56. The zero-order valence-electron chi connectivity index (χ0n) is 9.17. The van der Waals surface area contributed by atoms with E-state index in [0.717, 1.165) is 0 Å². The summed E-state index contributed by atoms with van der Waals surface area (Å²) in [4.78, 5) is 10.6. The van der Waals surface area contributed by atoms with E-state index in [4.69, 9.17) is 5.11 Å². The fraction of sp³-hybridized carbons (Fsp3) is 0.364. The lowest BCUT2D eigenvalue weighted by Gasteiger charge is -2.17. The van der Waals surface area contributed by atoms with Crippen molar-refractivity contribution < 1.29 is 18.3 Å². The van der Waals surface area contributed by atoms with E-state index in [9.17, 15) is 13.2 Å². The molecular formula is C11H13NO4S. The molecule has 1 aliphatic heterocycles. The maximum Gasteiger partial charge on any atom is 0.307 e. The minimum atomic E-state index is -3.20. The molecule has 92 valence electrons. The first kappa shape index (κ1) is 11.9. The molecule has 0 bridgehead atoms. The molecule has 5 nitrogen and oxygen atoms in total. The van der Waals surface area contributed by atoms with Crippen LogP contribution in [0.5, 0.6) is 0 Å². The summed E-state index contributed by atoms with van der Waals surface area (Å²) in [6.07, 6.45) is 0.521. The van der Waals surface area contributed by atoms with Gasteiger partial charge in [-0.1, -0.05) is 12.1 Å². The quantitative estimate of drug-likeness (QED) is 0.869. The molecule has 0 atom stereocenters. The second-order valence-corrected chi connectivity index (χ2v) is 5.99. The Balaban J connectivity index is 2.30. The van der Waals surface area contributed by atoms with Crippen LogP contribution in [0.25, 0.3) is 0 Å². The molecule has 17 heavy (non-hydrogen) atoms. The molecule has 2 rings (SSSR count). The molecule has 1 heterocycles. The molecule has 1 N–H and O–H groups in total. The third-order valence-corrected chi connectivity index (χ3v) is 4.52. The van der Waals surface area contributed by atoms with Crippen molar-refractivity contribution in [2.75, 3.05) is 16.6 Å². The van der Waals surface area contributed by atoms with Crippen LogP contribution >= 0.6 is 0 Å². The van der Waals surface area contributed by atoms with Crippen LogP contribution in [0.3, 0.4) is 0 Å². The van der Waals surface area contributed by atoms with E-state index in [1.54, 1.807) is 24.3 Å². The van der Waals surface area contributed by atoms with E-state index in [-0.39, 0.29) is 12.2 Å². The van der Waals surface area contributed by atoms with Gasteiger partial charge in [-0.25, -0.2) is 8.42 Å². The van der Waals surface area contributed by atoms with Crippen LogP contribution in [0.4, 0.5) is 5.69 Å². The summed E-state index contributed by atoms with van der Waals surface area (Å²) in [5.74, 6) is -0.762. The van der Waals surface area contributed by atoms with Gasteiger partial charge < -0.3 is 5.11 Å².